The van der Waals surface area contributed by atoms with Crippen molar-refractivity contribution in [3.63, 3.8) is 0 Å². The number of hydrogen-bond donors (Lipinski definition) is 0. The molecule has 0 atom stereocenters. The largest absolute Gasteiger partial charge is 0.220 e. The SMILES string of the molecule is S=C1/N=C(c2ccccc2)\C(c2ccccc2)=N\C(=S)/N=C(c2ccccc2)\C(c2ccccc2)=N\1. The van der Waals surface area contributed by atoms with E-state index in [1.165, 1.54) is 0 Å². The highest BCUT2D eigenvalue weighted by atomic mass is 32.1. The third kappa shape index (κ3) is 5.35. The summed E-state index contributed by atoms with van der Waals surface area (Å²) in [5.74, 6) is 0. The van der Waals surface area contributed by atoms with Crippen LogP contribution in [0.1, 0.15) is 22.3 Å². The molecule has 0 radical (unpaired) electrons. The van der Waals surface area contributed by atoms with Gasteiger partial charge in [0.25, 0.3) is 0 Å². The van der Waals surface area contributed by atoms with Crippen LogP contribution < -0.4 is 0 Å². The Bertz CT molecular complexity index is 1290. The molecule has 0 aliphatic carbocycles. The van der Waals surface area contributed by atoms with Crippen molar-refractivity contribution in [1.82, 2.24) is 0 Å². The monoisotopic (exact) mass is 500 g/mol. The normalized spacial score (nSPS) is 20.1. The first kappa shape index (κ1) is 23.5. The van der Waals surface area contributed by atoms with Crippen molar-refractivity contribution in [2.45, 2.75) is 0 Å². The Morgan fingerprint density at radius 1 is 0.306 bits per heavy atom. The first-order valence-electron chi connectivity index (χ1n) is 11.3. The summed E-state index contributed by atoms with van der Waals surface area (Å²) in [6.07, 6.45) is 0. The molecule has 4 nitrogen and oxygen atoms in total. The lowest BCUT2D eigenvalue weighted by Crippen LogP contribution is -2.24. The third-order valence-electron chi connectivity index (χ3n) is 5.47. The lowest BCUT2D eigenvalue weighted by atomic mass is 9.99. The highest BCUT2D eigenvalue weighted by Gasteiger charge is 2.21. The highest BCUT2D eigenvalue weighted by molar-refractivity contribution is 7.80. The number of aliphatic imine (C=N–C) groups is 4. The molecule has 0 spiro atoms. The van der Waals surface area contributed by atoms with E-state index >= 15 is 0 Å². The molecule has 0 bridgehead atoms. The minimum absolute atomic E-state index is 0.174. The van der Waals surface area contributed by atoms with Gasteiger partial charge in [0.15, 0.2) is 0 Å². The summed E-state index contributed by atoms with van der Waals surface area (Å²) < 4.78 is 0. The summed E-state index contributed by atoms with van der Waals surface area (Å²) >= 11 is 11.5. The zero-order valence-electron chi connectivity index (χ0n) is 19.2. The first-order chi connectivity index (χ1) is 17.7. The van der Waals surface area contributed by atoms with E-state index in [-0.39, 0.29) is 10.2 Å². The number of nitrogens with zero attached hydrogens (tertiary/aromatic N) is 4. The molecule has 0 unspecified atom stereocenters. The Balaban J connectivity index is 1.78. The molecule has 0 N–H and O–H groups in total. The smallest absolute Gasteiger partial charge is 0.216 e. The van der Waals surface area contributed by atoms with Gasteiger partial charge in [0, 0.05) is 22.3 Å². The van der Waals surface area contributed by atoms with Gasteiger partial charge in [-0.2, -0.15) is 0 Å². The standard InChI is InChI=1S/C30H20N4S2/c35-29-31-25(21-13-5-1-6-14-21)26(22-15-7-2-8-16-22)32-30(36)34-28(24-19-11-4-12-20-24)27(33-29)23-17-9-3-10-18-23/h1-20H/b31-25-,32-26+,33-27+,34-28-. The molecule has 0 aromatic heterocycles. The molecule has 0 saturated heterocycles. The molecule has 6 heteroatoms. The second-order valence-electron chi connectivity index (χ2n) is 7.87. The van der Waals surface area contributed by atoms with Crippen LogP contribution in [0.4, 0.5) is 0 Å². The lowest BCUT2D eigenvalue weighted by molar-refractivity contribution is 1.50. The molecule has 0 fully saturated rings. The Morgan fingerprint density at radius 2 is 0.500 bits per heavy atom. The van der Waals surface area contributed by atoms with Crippen molar-refractivity contribution < 1.29 is 0 Å². The van der Waals surface area contributed by atoms with E-state index in [0.717, 1.165) is 22.3 Å². The van der Waals surface area contributed by atoms with Gasteiger partial charge in [0.2, 0.25) is 10.2 Å². The van der Waals surface area contributed by atoms with Crippen LogP contribution in [0.15, 0.2) is 141 Å². The van der Waals surface area contributed by atoms with Gasteiger partial charge in [-0.25, -0.2) is 20.0 Å². The zero-order valence-corrected chi connectivity index (χ0v) is 20.8. The summed E-state index contributed by atoms with van der Waals surface area (Å²) in [6, 6.07) is 39.1. The molecule has 36 heavy (non-hydrogen) atoms. The van der Waals surface area contributed by atoms with Gasteiger partial charge >= 0.3 is 0 Å². The van der Waals surface area contributed by atoms with Crippen LogP contribution in [0.25, 0.3) is 0 Å². The van der Waals surface area contributed by atoms with Gasteiger partial charge in [0.1, 0.15) is 0 Å². The Hall–Kier alpha value is -4.26. The van der Waals surface area contributed by atoms with Crippen LogP contribution in [0.3, 0.4) is 0 Å². The Labute approximate surface area is 220 Å². The van der Waals surface area contributed by atoms with Crippen LogP contribution in [-0.4, -0.2) is 33.1 Å². The Kier molecular flexibility index (Phi) is 7.17. The minimum atomic E-state index is 0.174. The van der Waals surface area contributed by atoms with Gasteiger partial charge in [-0.05, 0) is 24.4 Å². The summed E-state index contributed by atoms with van der Waals surface area (Å²) in [4.78, 5) is 19.3. The average Bonchev–Trinajstić information content (AvgIpc) is 2.94. The second-order valence-corrected chi connectivity index (χ2v) is 8.60. The van der Waals surface area contributed by atoms with E-state index in [1.807, 2.05) is 121 Å². The van der Waals surface area contributed by atoms with Crippen LogP contribution in [0.5, 0.6) is 0 Å². The fraction of sp³-hybridized carbons (Fsp3) is 0. The van der Waals surface area contributed by atoms with Crippen LogP contribution in [0, 0.1) is 0 Å². The minimum Gasteiger partial charge on any atom is -0.216 e. The number of benzene rings is 4. The molecular weight excluding hydrogens is 480 g/mol. The summed E-state index contributed by atoms with van der Waals surface area (Å²) in [5.41, 5.74) is 5.77. The Morgan fingerprint density at radius 3 is 0.694 bits per heavy atom. The van der Waals surface area contributed by atoms with E-state index in [4.69, 9.17) is 44.4 Å². The fourth-order valence-electron chi connectivity index (χ4n) is 3.83. The van der Waals surface area contributed by atoms with Gasteiger partial charge < -0.3 is 0 Å². The maximum absolute atomic E-state index is 5.73. The van der Waals surface area contributed by atoms with E-state index < -0.39 is 0 Å². The molecule has 5 rings (SSSR count). The van der Waals surface area contributed by atoms with Crippen molar-refractivity contribution in [2.75, 3.05) is 0 Å². The molecule has 4 aromatic rings. The first-order valence-corrected chi connectivity index (χ1v) is 12.2. The fourth-order valence-corrected chi connectivity index (χ4v) is 4.20. The van der Waals surface area contributed by atoms with Crippen LogP contribution in [-0.2, 0) is 0 Å². The summed E-state index contributed by atoms with van der Waals surface area (Å²) in [7, 11) is 0. The lowest BCUT2D eigenvalue weighted by Gasteiger charge is -2.15. The van der Waals surface area contributed by atoms with Gasteiger partial charge in [-0.15, -0.1) is 0 Å². The highest BCUT2D eigenvalue weighted by Crippen LogP contribution is 2.16. The molecule has 0 amide bonds. The number of hydrogen-bond acceptors (Lipinski definition) is 2. The zero-order chi connectivity index (χ0) is 24.7. The summed E-state index contributed by atoms with van der Waals surface area (Å²) in [5, 5.41) is 0.348. The number of rotatable bonds is 4. The van der Waals surface area contributed by atoms with Crippen LogP contribution in [0.2, 0.25) is 0 Å². The molecule has 1 aliphatic rings. The average molecular weight is 501 g/mol. The van der Waals surface area contributed by atoms with Gasteiger partial charge in [0.05, 0.1) is 22.8 Å². The van der Waals surface area contributed by atoms with E-state index in [0.29, 0.717) is 22.8 Å². The molecular formula is C30H20N4S2. The third-order valence-corrected chi connectivity index (χ3v) is 5.83. The second kappa shape index (κ2) is 11.0. The molecule has 1 aliphatic heterocycles. The summed E-state index contributed by atoms with van der Waals surface area (Å²) in [6.45, 7) is 0. The van der Waals surface area contributed by atoms with Crippen molar-refractivity contribution in [3.8, 4) is 0 Å². The molecule has 4 aromatic carbocycles. The van der Waals surface area contributed by atoms with Crippen molar-refractivity contribution >= 4 is 57.5 Å². The number of thiocarbonyl (C=S) groups is 2. The quantitative estimate of drug-likeness (QED) is 0.299. The van der Waals surface area contributed by atoms with E-state index in [2.05, 4.69) is 0 Å². The molecule has 0 saturated carbocycles. The van der Waals surface area contributed by atoms with E-state index in [9.17, 15) is 0 Å². The van der Waals surface area contributed by atoms with Gasteiger partial charge in [-0.1, -0.05) is 121 Å². The topological polar surface area (TPSA) is 49.4 Å². The molecule has 1 heterocycles. The van der Waals surface area contributed by atoms with E-state index in [1.54, 1.807) is 0 Å². The maximum Gasteiger partial charge on any atom is 0.220 e. The van der Waals surface area contributed by atoms with Crippen molar-refractivity contribution in [2.24, 2.45) is 20.0 Å². The molecule has 172 valence electrons. The maximum atomic E-state index is 5.73. The predicted octanol–water partition coefficient (Wildman–Crippen LogP) is 6.53. The van der Waals surface area contributed by atoms with Gasteiger partial charge in [-0.3, -0.25) is 0 Å². The van der Waals surface area contributed by atoms with Crippen molar-refractivity contribution in [3.05, 3.63) is 144 Å². The van der Waals surface area contributed by atoms with Crippen LogP contribution >= 0.6 is 24.4 Å². The predicted molar refractivity (Wildman–Crippen MR) is 157 cm³/mol. The van der Waals surface area contributed by atoms with Crippen molar-refractivity contribution in [1.29, 1.82) is 0 Å².